The van der Waals surface area contributed by atoms with Gasteiger partial charge in [-0.25, -0.2) is 0 Å². The smallest absolute Gasteiger partial charge is 0.0202 e. The van der Waals surface area contributed by atoms with Crippen LogP contribution in [0.2, 0.25) is 0 Å². The summed E-state index contributed by atoms with van der Waals surface area (Å²) in [6.45, 7) is 10.1. The average molecular weight is 205 g/mol. The first-order valence-electron chi connectivity index (χ1n) is 5.68. The van der Waals surface area contributed by atoms with E-state index in [9.17, 15) is 0 Å². The highest BCUT2D eigenvalue weighted by atomic mass is 14.8. The molecule has 15 heavy (non-hydrogen) atoms. The predicted molar refractivity (Wildman–Crippen MR) is 67.1 cm³/mol. The van der Waals surface area contributed by atoms with Crippen LogP contribution in [0.4, 0.5) is 0 Å². The zero-order valence-corrected chi connectivity index (χ0v) is 10.6. The van der Waals surface area contributed by atoms with Crippen molar-refractivity contribution in [2.24, 2.45) is 5.41 Å². The molecule has 0 bridgehead atoms. The first-order chi connectivity index (χ1) is 6.95. The van der Waals surface area contributed by atoms with E-state index in [1.165, 1.54) is 11.1 Å². The molecule has 1 aromatic rings. The molecule has 0 aliphatic rings. The van der Waals surface area contributed by atoms with Crippen LogP contribution in [0.5, 0.6) is 0 Å². The summed E-state index contributed by atoms with van der Waals surface area (Å²) in [5.74, 6) is 0.598. The van der Waals surface area contributed by atoms with Crippen LogP contribution < -0.4 is 5.32 Å². The molecule has 0 fully saturated rings. The van der Waals surface area contributed by atoms with Gasteiger partial charge in [0.05, 0.1) is 0 Å². The molecule has 0 aromatic heterocycles. The van der Waals surface area contributed by atoms with Gasteiger partial charge in [0, 0.05) is 6.54 Å². The van der Waals surface area contributed by atoms with E-state index in [2.05, 4.69) is 57.3 Å². The third-order valence-electron chi connectivity index (χ3n) is 3.16. The number of nitrogens with one attached hydrogen (secondary N) is 1. The van der Waals surface area contributed by atoms with E-state index in [1.54, 1.807) is 0 Å². The van der Waals surface area contributed by atoms with E-state index in [0.29, 0.717) is 11.3 Å². The van der Waals surface area contributed by atoms with Crippen molar-refractivity contribution in [3.63, 3.8) is 0 Å². The summed E-state index contributed by atoms with van der Waals surface area (Å²) in [5.41, 5.74) is 3.12. The lowest BCUT2D eigenvalue weighted by Gasteiger charge is -2.27. The third kappa shape index (κ3) is 3.35. The molecular weight excluding hydrogens is 182 g/mol. The Kier molecular flexibility index (Phi) is 3.92. The molecule has 1 nitrogen and oxygen atoms in total. The van der Waals surface area contributed by atoms with Crippen LogP contribution in [0.25, 0.3) is 0 Å². The summed E-state index contributed by atoms with van der Waals surface area (Å²) in [6.07, 6.45) is 0. The Labute approximate surface area is 93.9 Å². The molecule has 0 saturated carbocycles. The standard InChI is InChI=1S/C14H23N/c1-11(14(2,3)4)13-8-6-12(7-9-13)10-15-5/h6-9,11,15H,10H2,1-5H3. The zero-order chi connectivity index (χ0) is 11.5. The Bertz CT molecular complexity index is 292. The summed E-state index contributed by atoms with van der Waals surface area (Å²) in [4.78, 5) is 0. The SMILES string of the molecule is CNCc1ccc(C(C)C(C)(C)C)cc1. The fourth-order valence-electron chi connectivity index (χ4n) is 1.63. The van der Waals surface area contributed by atoms with Crippen molar-refractivity contribution in [2.45, 2.75) is 40.2 Å². The van der Waals surface area contributed by atoms with E-state index >= 15 is 0 Å². The van der Waals surface area contributed by atoms with Crippen molar-refractivity contribution in [1.82, 2.24) is 5.32 Å². The summed E-state index contributed by atoms with van der Waals surface area (Å²) >= 11 is 0. The molecule has 1 heteroatoms. The van der Waals surface area contributed by atoms with Gasteiger partial charge in [0.15, 0.2) is 0 Å². The minimum Gasteiger partial charge on any atom is -0.316 e. The number of benzene rings is 1. The normalized spacial score (nSPS) is 13.9. The van der Waals surface area contributed by atoms with E-state index in [-0.39, 0.29) is 0 Å². The molecule has 0 aliphatic carbocycles. The molecule has 1 unspecified atom stereocenters. The van der Waals surface area contributed by atoms with Gasteiger partial charge in [0.2, 0.25) is 0 Å². The Hall–Kier alpha value is -0.820. The zero-order valence-electron chi connectivity index (χ0n) is 10.6. The molecule has 1 aromatic carbocycles. The van der Waals surface area contributed by atoms with Gasteiger partial charge in [0.25, 0.3) is 0 Å². The molecule has 1 rings (SSSR count). The van der Waals surface area contributed by atoms with Gasteiger partial charge in [-0.05, 0) is 29.5 Å². The fourth-order valence-corrected chi connectivity index (χ4v) is 1.63. The highest BCUT2D eigenvalue weighted by molar-refractivity contribution is 5.26. The lowest BCUT2D eigenvalue weighted by atomic mass is 9.78. The Morgan fingerprint density at radius 1 is 1.13 bits per heavy atom. The molecule has 0 heterocycles. The lowest BCUT2D eigenvalue weighted by molar-refractivity contribution is 0.339. The molecule has 0 amide bonds. The predicted octanol–water partition coefficient (Wildman–Crippen LogP) is 3.56. The molecule has 1 N–H and O–H groups in total. The summed E-state index contributed by atoms with van der Waals surface area (Å²) in [6, 6.07) is 8.94. The minimum absolute atomic E-state index is 0.338. The van der Waals surface area contributed by atoms with Gasteiger partial charge in [-0.2, -0.15) is 0 Å². The van der Waals surface area contributed by atoms with Gasteiger partial charge in [0.1, 0.15) is 0 Å². The van der Waals surface area contributed by atoms with Crippen molar-refractivity contribution in [3.05, 3.63) is 35.4 Å². The second-order valence-electron chi connectivity index (χ2n) is 5.36. The first kappa shape index (κ1) is 12.3. The highest BCUT2D eigenvalue weighted by Gasteiger charge is 2.21. The van der Waals surface area contributed by atoms with E-state index in [1.807, 2.05) is 7.05 Å². The van der Waals surface area contributed by atoms with Gasteiger partial charge in [-0.3, -0.25) is 0 Å². The highest BCUT2D eigenvalue weighted by Crippen LogP contribution is 2.34. The molecule has 84 valence electrons. The molecular formula is C14H23N. The maximum Gasteiger partial charge on any atom is 0.0202 e. The molecule has 1 atom stereocenters. The maximum atomic E-state index is 3.16. The van der Waals surface area contributed by atoms with Crippen LogP contribution in [-0.4, -0.2) is 7.05 Å². The minimum atomic E-state index is 0.338. The van der Waals surface area contributed by atoms with E-state index in [4.69, 9.17) is 0 Å². The van der Waals surface area contributed by atoms with Crippen molar-refractivity contribution < 1.29 is 0 Å². The molecule has 0 spiro atoms. The third-order valence-corrected chi connectivity index (χ3v) is 3.16. The first-order valence-corrected chi connectivity index (χ1v) is 5.68. The van der Waals surface area contributed by atoms with Crippen LogP contribution in [0.3, 0.4) is 0 Å². The number of hydrogen-bond acceptors (Lipinski definition) is 1. The number of rotatable bonds is 3. The van der Waals surface area contributed by atoms with Crippen molar-refractivity contribution in [3.8, 4) is 0 Å². The van der Waals surface area contributed by atoms with Gasteiger partial charge in [-0.1, -0.05) is 52.0 Å². The van der Waals surface area contributed by atoms with Gasteiger partial charge in [-0.15, -0.1) is 0 Å². The topological polar surface area (TPSA) is 12.0 Å². The monoisotopic (exact) mass is 205 g/mol. The van der Waals surface area contributed by atoms with Crippen molar-refractivity contribution in [2.75, 3.05) is 7.05 Å². The van der Waals surface area contributed by atoms with Gasteiger partial charge >= 0.3 is 0 Å². The quantitative estimate of drug-likeness (QED) is 0.795. The van der Waals surface area contributed by atoms with Crippen LogP contribution in [0, 0.1) is 5.41 Å². The summed E-state index contributed by atoms with van der Waals surface area (Å²) in [5, 5.41) is 3.16. The van der Waals surface area contributed by atoms with Crippen LogP contribution >= 0.6 is 0 Å². The second kappa shape index (κ2) is 4.80. The number of hydrogen-bond donors (Lipinski definition) is 1. The average Bonchev–Trinajstić information content (AvgIpc) is 2.17. The largest absolute Gasteiger partial charge is 0.316 e. The summed E-state index contributed by atoms with van der Waals surface area (Å²) < 4.78 is 0. The van der Waals surface area contributed by atoms with E-state index in [0.717, 1.165) is 6.54 Å². The van der Waals surface area contributed by atoms with E-state index < -0.39 is 0 Å². The Morgan fingerprint density at radius 2 is 1.67 bits per heavy atom. The van der Waals surface area contributed by atoms with Crippen molar-refractivity contribution >= 4 is 0 Å². The lowest BCUT2D eigenvalue weighted by Crippen LogP contribution is -2.15. The van der Waals surface area contributed by atoms with Crippen LogP contribution in [0.1, 0.15) is 44.7 Å². The molecule has 0 aliphatic heterocycles. The Balaban J connectivity index is 2.80. The van der Waals surface area contributed by atoms with Crippen LogP contribution in [-0.2, 0) is 6.54 Å². The molecule has 0 saturated heterocycles. The second-order valence-corrected chi connectivity index (χ2v) is 5.36. The molecule has 0 radical (unpaired) electrons. The fraction of sp³-hybridized carbons (Fsp3) is 0.571. The van der Waals surface area contributed by atoms with Crippen LogP contribution in [0.15, 0.2) is 24.3 Å². The van der Waals surface area contributed by atoms with Gasteiger partial charge < -0.3 is 5.32 Å². The maximum absolute atomic E-state index is 3.16. The summed E-state index contributed by atoms with van der Waals surface area (Å²) in [7, 11) is 1.98. The van der Waals surface area contributed by atoms with Crippen molar-refractivity contribution in [1.29, 1.82) is 0 Å². The Morgan fingerprint density at radius 3 is 2.07 bits per heavy atom.